The lowest BCUT2D eigenvalue weighted by molar-refractivity contribution is 0.311. The van der Waals surface area contributed by atoms with Crippen LogP contribution in [-0.2, 0) is 13.0 Å². The second-order valence-corrected chi connectivity index (χ2v) is 4.57. The number of aromatic nitrogens is 1. The first kappa shape index (κ1) is 10.5. The van der Waals surface area contributed by atoms with E-state index in [1.165, 1.54) is 6.07 Å². The molecule has 0 fully saturated rings. The van der Waals surface area contributed by atoms with Crippen LogP contribution >= 0.6 is 0 Å². The Kier molecular flexibility index (Phi) is 2.26. The van der Waals surface area contributed by atoms with E-state index in [1.54, 1.807) is 6.07 Å². The van der Waals surface area contributed by atoms with Crippen molar-refractivity contribution in [2.75, 3.05) is 19.3 Å². The van der Waals surface area contributed by atoms with E-state index in [0.717, 1.165) is 30.8 Å². The van der Waals surface area contributed by atoms with Gasteiger partial charge in [0.05, 0.1) is 16.6 Å². The number of halogens is 1. The number of hydrogen-bond acceptors (Lipinski definition) is 3. The average molecular weight is 231 g/mol. The fraction of sp³-hybridized carbons (Fsp3) is 0.308. The van der Waals surface area contributed by atoms with Gasteiger partial charge >= 0.3 is 0 Å². The van der Waals surface area contributed by atoms with Crippen molar-refractivity contribution >= 4 is 16.6 Å². The fourth-order valence-electron chi connectivity index (χ4n) is 2.42. The molecule has 0 saturated heterocycles. The standard InChI is InChI=1S/C13H14FN3/c1-17-6-5-10-8(7-17)13(15)12-9(14)3-2-4-11(12)16-10/h2-4H,5-7H2,1H3,(H2,15,16). The van der Waals surface area contributed by atoms with E-state index < -0.39 is 0 Å². The van der Waals surface area contributed by atoms with Crippen LogP contribution in [0.4, 0.5) is 10.1 Å². The molecule has 2 N–H and O–H groups in total. The van der Waals surface area contributed by atoms with Crippen molar-refractivity contribution in [1.29, 1.82) is 0 Å². The second kappa shape index (κ2) is 3.67. The van der Waals surface area contributed by atoms with Crippen molar-refractivity contribution in [2.45, 2.75) is 13.0 Å². The predicted molar refractivity (Wildman–Crippen MR) is 66.2 cm³/mol. The molecule has 1 aliphatic rings. The number of likely N-dealkylation sites (N-methyl/N-ethyl adjacent to an activating group) is 1. The van der Waals surface area contributed by atoms with Crippen molar-refractivity contribution in [1.82, 2.24) is 9.88 Å². The normalized spacial score (nSPS) is 16.1. The first-order valence-electron chi connectivity index (χ1n) is 5.71. The first-order chi connectivity index (χ1) is 8.16. The van der Waals surface area contributed by atoms with Crippen LogP contribution in [0.15, 0.2) is 18.2 Å². The molecule has 1 aliphatic heterocycles. The van der Waals surface area contributed by atoms with Crippen LogP contribution in [0.1, 0.15) is 11.3 Å². The second-order valence-electron chi connectivity index (χ2n) is 4.57. The first-order valence-corrected chi connectivity index (χ1v) is 5.71. The topological polar surface area (TPSA) is 42.2 Å². The van der Waals surface area contributed by atoms with E-state index in [0.29, 0.717) is 16.6 Å². The largest absolute Gasteiger partial charge is 0.398 e. The maximum Gasteiger partial charge on any atom is 0.134 e. The van der Waals surface area contributed by atoms with E-state index in [-0.39, 0.29) is 5.82 Å². The number of rotatable bonds is 0. The van der Waals surface area contributed by atoms with Gasteiger partial charge in [-0.15, -0.1) is 0 Å². The molecule has 3 rings (SSSR count). The van der Waals surface area contributed by atoms with Crippen molar-refractivity contribution in [3.8, 4) is 0 Å². The summed E-state index contributed by atoms with van der Waals surface area (Å²) in [5, 5.41) is 0.460. The molecule has 3 nitrogen and oxygen atoms in total. The molecule has 0 amide bonds. The monoisotopic (exact) mass is 231 g/mol. The van der Waals surface area contributed by atoms with Crippen molar-refractivity contribution in [3.05, 3.63) is 35.3 Å². The highest BCUT2D eigenvalue weighted by atomic mass is 19.1. The summed E-state index contributed by atoms with van der Waals surface area (Å²) in [4.78, 5) is 6.70. The SMILES string of the molecule is CN1CCc2nc3cccc(F)c3c(N)c2C1. The predicted octanol–water partition coefficient (Wildman–Crippen LogP) is 1.94. The molecule has 2 heterocycles. The van der Waals surface area contributed by atoms with Crippen LogP contribution in [0, 0.1) is 5.82 Å². The van der Waals surface area contributed by atoms with Crippen LogP contribution in [0.2, 0.25) is 0 Å². The number of nitrogens with two attached hydrogens (primary N) is 1. The Balaban J connectivity index is 2.33. The molecule has 0 radical (unpaired) electrons. The zero-order valence-electron chi connectivity index (χ0n) is 9.70. The van der Waals surface area contributed by atoms with Gasteiger partial charge in [-0.2, -0.15) is 0 Å². The Labute approximate surface area is 99.1 Å². The smallest absolute Gasteiger partial charge is 0.134 e. The summed E-state index contributed by atoms with van der Waals surface area (Å²) >= 11 is 0. The van der Waals surface area contributed by atoms with E-state index in [9.17, 15) is 4.39 Å². The minimum atomic E-state index is -0.288. The Morgan fingerprint density at radius 1 is 1.41 bits per heavy atom. The van der Waals surface area contributed by atoms with E-state index in [2.05, 4.69) is 9.88 Å². The van der Waals surface area contributed by atoms with Crippen LogP contribution in [0.3, 0.4) is 0 Å². The summed E-state index contributed by atoms with van der Waals surface area (Å²) in [5.41, 5.74) is 9.30. The molecule has 4 heteroatoms. The average Bonchev–Trinajstić information content (AvgIpc) is 2.30. The summed E-state index contributed by atoms with van der Waals surface area (Å²) in [6.45, 7) is 1.72. The van der Waals surface area contributed by atoms with Crippen molar-refractivity contribution < 1.29 is 4.39 Å². The quantitative estimate of drug-likeness (QED) is 0.753. The van der Waals surface area contributed by atoms with Gasteiger partial charge in [0.1, 0.15) is 5.82 Å². The lowest BCUT2D eigenvalue weighted by atomic mass is 10.0. The molecule has 1 aromatic heterocycles. The maximum atomic E-state index is 13.8. The molecular formula is C13H14FN3. The van der Waals surface area contributed by atoms with Gasteiger partial charge in [0.25, 0.3) is 0 Å². The van der Waals surface area contributed by atoms with Gasteiger partial charge in [0.2, 0.25) is 0 Å². The Morgan fingerprint density at radius 2 is 2.24 bits per heavy atom. The van der Waals surface area contributed by atoms with E-state index in [4.69, 9.17) is 5.73 Å². The lowest BCUT2D eigenvalue weighted by Crippen LogP contribution is -2.28. The minimum absolute atomic E-state index is 0.288. The Hall–Kier alpha value is -1.68. The van der Waals surface area contributed by atoms with E-state index >= 15 is 0 Å². The number of benzene rings is 1. The zero-order chi connectivity index (χ0) is 12.0. The molecule has 88 valence electrons. The number of hydrogen-bond donors (Lipinski definition) is 1. The van der Waals surface area contributed by atoms with Gasteiger partial charge in [-0.05, 0) is 19.2 Å². The number of anilines is 1. The number of pyridine rings is 1. The Bertz CT molecular complexity index is 595. The lowest BCUT2D eigenvalue weighted by Gasteiger charge is -2.26. The highest BCUT2D eigenvalue weighted by Gasteiger charge is 2.20. The van der Waals surface area contributed by atoms with Crippen molar-refractivity contribution in [2.24, 2.45) is 0 Å². The van der Waals surface area contributed by atoms with Gasteiger partial charge < -0.3 is 10.6 Å². The van der Waals surface area contributed by atoms with Gasteiger partial charge in [-0.1, -0.05) is 6.07 Å². The molecule has 0 bridgehead atoms. The molecule has 1 aromatic carbocycles. The third-order valence-corrected chi connectivity index (χ3v) is 3.35. The summed E-state index contributed by atoms with van der Waals surface area (Å²) in [6.07, 6.45) is 0.877. The zero-order valence-corrected chi connectivity index (χ0v) is 9.70. The number of nitrogen functional groups attached to an aromatic ring is 1. The summed E-state index contributed by atoms with van der Waals surface area (Å²) < 4.78 is 13.8. The fourth-order valence-corrected chi connectivity index (χ4v) is 2.42. The summed E-state index contributed by atoms with van der Waals surface area (Å²) in [5.74, 6) is -0.288. The molecular weight excluding hydrogens is 217 g/mol. The van der Waals surface area contributed by atoms with E-state index in [1.807, 2.05) is 13.1 Å². The molecule has 0 aliphatic carbocycles. The van der Waals surface area contributed by atoms with Gasteiger partial charge in [-0.25, -0.2) is 4.39 Å². The maximum absolute atomic E-state index is 13.8. The van der Waals surface area contributed by atoms with Crippen LogP contribution in [0.25, 0.3) is 10.9 Å². The number of nitrogens with zero attached hydrogens (tertiary/aromatic N) is 2. The minimum Gasteiger partial charge on any atom is -0.398 e. The third-order valence-electron chi connectivity index (χ3n) is 3.35. The van der Waals surface area contributed by atoms with Crippen LogP contribution in [0.5, 0.6) is 0 Å². The summed E-state index contributed by atoms with van der Waals surface area (Å²) in [7, 11) is 2.04. The van der Waals surface area contributed by atoms with Gasteiger partial charge in [-0.3, -0.25) is 4.98 Å². The Morgan fingerprint density at radius 3 is 3.06 bits per heavy atom. The third kappa shape index (κ3) is 1.56. The highest BCUT2D eigenvalue weighted by Crippen LogP contribution is 2.30. The van der Waals surface area contributed by atoms with Gasteiger partial charge in [0.15, 0.2) is 0 Å². The number of fused-ring (bicyclic) bond motifs is 2. The molecule has 0 spiro atoms. The molecule has 17 heavy (non-hydrogen) atoms. The van der Waals surface area contributed by atoms with Crippen molar-refractivity contribution in [3.63, 3.8) is 0 Å². The molecule has 2 aromatic rings. The molecule has 0 atom stereocenters. The highest BCUT2D eigenvalue weighted by molar-refractivity contribution is 5.92. The molecule has 0 unspecified atom stereocenters. The molecule has 0 saturated carbocycles. The summed E-state index contributed by atoms with van der Waals surface area (Å²) in [6, 6.07) is 4.91. The van der Waals surface area contributed by atoms with Gasteiger partial charge in [0, 0.05) is 30.8 Å². The van der Waals surface area contributed by atoms with Crippen LogP contribution in [-0.4, -0.2) is 23.5 Å². The van der Waals surface area contributed by atoms with Crippen LogP contribution < -0.4 is 5.73 Å².